The van der Waals surface area contributed by atoms with Crippen LogP contribution in [0.2, 0.25) is 0 Å². The van der Waals surface area contributed by atoms with Crippen LogP contribution in [0, 0.1) is 5.41 Å². The number of ether oxygens (including phenoxy) is 2. The summed E-state index contributed by atoms with van der Waals surface area (Å²) in [6.07, 6.45) is 4.20. The zero-order chi connectivity index (χ0) is 8.44. The first-order chi connectivity index (χ1) is 5.85. The van der Waals surface area contributed by atoms with Crippen molar-refractivity contribution >= 4 is 22.6 Å². The third-order valence-corrected chi connectivity index (χ3v) is 3.99. The highest BCUT2D eigenvalue weighted by Gasteiger charge is 2.40. The van der Waals surface area contributed by atoms with Gasteiger partial charge in [-0.3, -0.25) is 0 Å². The molecular formula is C9H15IO2. The van der Waals surface area contributed by atoms with Crippen LogP contribution in [0.3, 0.4) is 0 Å². The molecule has 0 aromatic carbocycles. The van der Waals surface area contributed by atoms with Gasteiger partial charge in [0.25, 0.3) is 0 Å². The SMILES string of the molecule is IC[C@H]1CC2(CCOCC2)CO1. The fourth-order valence-corrected chi connectivity index (χ4v) is 2.71. The number of hydrogen-bond donors (Lipinski definition) is 0. The molecule has 0 amide bonds. The maximum Gasteiger partial charge on any atom is 0.0670 e. The van der Waals surface area contributed by atoms with Crippen LogP contribution in [-0.2, 0) is 9.47 Å². The zero-order valence-electron chi connectivity index (χ0n) is 7.22. The van der Waals surface area contributed by atoms with Gasteiger partial charge in [-0.25, -0.2) is 0 Å². The average Bonchev–Trinajstić information content (AvgIpc) is 2.50. The molecule has 0 aromatic heterocycles. The first kappa shape index (κ1) is 9.21. The molecule has 2 heterocycles. The summed E-state index contributed by atoms with van der Waals surface area (Å²) in [7, 11) is 0. The summed E-state index contributed by atoms with van der Waals surface area (Å²) in [5.74, 6) is 0. The third-order valence-electron chi connectivity index (χ3n) is 3.01. The van der Waals surface area contributed by atoms with Crippen molar-refractivity contribution in [2.75, 3.05) is 24.2 Å². The van der Waals surface area contributed by atoms with Crippen LogP contribution in [0.5, 0.6) is 0 Å². The predicted octanol–water partition coefficient (Wildman–Crippen LogP) is 2.01. The van der Waals surface area contributed by atoms with E-state index in [0.717, 1.165) is 24.2 Å². The molecule has 0 radical (unpaired) electrons. The van der Waals surface area contributed by atoms with Crippen LogP contribution in [0.1, 0.15) is 19.3 Å². The minimum Gasteiger partial charge on any atom is -0.381 e. The lowest BCUT2D eigenvalue weighted by atomic mass is 9.79. The Morgan fingerprint density at radius 1 is 1.33 bits per heavy atom. The van der Waals surface area contributed by atoms with Gasteiger partial charge in [0.1, 0.15) is 0 Å². The summed E-state index contributed by atoms with van der Waals surface area (Å²) in [6.45, 7) is 2.86. The van der Waals surface area contributed by atoms with Crippen molar-refractivity contribution in [1.29, 1.82) is 0 Å². The van der Waals surface area contributed by atoms with Gasteiger partial charge in [0.2, 0.25) is 0 Å². The maximum absolute atomic E-state index is 5.73. The highest BCUT2D eigenvalue weighted by Crippen LogP contribution is 2.41. The van der Waals surface area contributed by atoms with Crippen LogP contribution in [0.4, 0.5) is 0 Å². The summed E-state index contributed by atoms with van der Waals surface area (Å²) in [4.78, 5) is 0. The largest absolute Gasteiger partial charge is 0.381 e. The normalized spacial score (nSPS) is 34.2. The molecule has 0 aliphatic carbocycles. The average molecular weight is 282 g/mol. The quantitative estimate of drug-likeness (QED) is 0.541. The summed E-state index contributed by atoms with van der Waals surface area (Å²) < 4.78 is 12.2. The van der Waals surface area contributed by atoms with E-state index in [1.165, 1.54) is 19.3 Å². The summed E-state index contributed by atoms with van der Waals surface area (Å²) >= 11 is 2.41. The van der Waals surface area contributed by atoms with E-state index in [0.29, 0.717) is 11.5 Å². The van der Waals surface area contributed by atoms with E-state index in [9.17, 15) is 0 Å². The fraction of sp³-hybridized carbons (Fsp3) is 1.00. The van der Waals surface area contributed by atoms with Crippen LogP contribution >= 0.6 is 22.6 Å². The standard InChI is InChI=1S/C9H15IO2/c10-6-8-5-9(7-12-8)1-3-11-4-2-9/h8H,1-7H2/t8-/m1/s1. The van der Waals surface area contributed by atoms with E-state index in [4.69, 9.17) is 9.47 Å². The molecular weight excluding hydrogens is 267 g/mol. The van der Waals surface area contributed by atoms with E-state index in [-0.39, 0.29) is 0 Å². The molecule has 0 N–H and O–H groups in total. The number of alkyl halides is 1. The van der Waals surface area contributed by atoms with Gasteiger partial charge in [-0.15, -0.1) is 0 Å². The first-order valence-electron chi connectivity index (χ1n) is 4.60. The molecule has 2 nitrogen and oxygen atoms in total. The maximum atomic E-state index is 5.73. The molecule has 1 spiro atoms. The van der Waals surface area contributed by atoms with Gasteiger partial charge >= 0.3 is 0 Å². The minimum atomic E-state index is 0.494. The first-order valence-corrected chi connectivity index (χ1v) is 6.13. The Balaban J connectivity index is 1.94. The molecule has 0 saturated carbocycles. The lowest BCUT2D eigenvalue weighted by Crippen LogP contribution is -2.30. The van der Waals surface area contributed by atoms with E-state index < -0.39 is 0 Å². The molecule has 2 aliphatic rings. The second-order valence-corrected chi connectivity index (χ2v) is 4.78. The van der Waals surface area contributed by atoms with Gasteiger partial charge in [0, 0.05) is 23.1 Å². The molecule has 2 fully saturated rings. The Morgan fingerprint density at radius 2 is 2.08 bits per heavy atom. The summed E-state index contributed by atoms with van der Waals surface area (Å²) in [6, 6.07) is 0. The molecule has 0 unspecified atom stereocenters. The second kappa shape index (κ2) is 3.80. The highest BCUT2D eigenvalue weighted by atomic mass is 127. The Morgan fingerprint density at radius 3 is 2.67 bits per heavy atom. The van der Waals surface area contributed by atoms with E-state index >= 15 is 0 Å². The molecule has 70 valence electrons. The minimum absolute atomic E-state index is 0.494. The van der Waals surface area contributed by atoms with Crippen LogP contribution in [-0.4, -0.2) is 30.4 Å². The van der Waals surface area contributed by atoms with Gasteiger partial charge in [-0.2, -0.15) is 0 Å². The second-order valence-electron chi connectivity index (χ2n) is 3.90. The smallest absolute Gasteiger partial charge is 0.0670 e. The molecule has 0 aromatic rings. The van der Waals surface area contributed by atoms with Gasteiger partial charge in [0.15, 0.2) is 0 Å². The van der Waals surface area contributed by atoms with Gasteiger partial charge in [-0.1, -0.05) is 22.6 Å². The lowest BCUT2D eigenvalue weighted by Gasteiger charge is -2.31. The third kappa shape index (κ3) is 1.77. The van der Waals surface area contributed by atoms with Gasteiger partial charge < -0.3 is 9.47 Å². The summed E-state index contributed by atoms with van der Waals surface area (Å²) in [5.41, 5.74) is 0.494. The Hall–Kier alpha value is 0.650. The van der Waals surface area contributed by atoms with Crippen LogP contribution in [0.25, 0.3) is 0 Å². The molecule has 3 heteroatoms. The van der Waals surface area contributed by atoms with Crippen molar-refractivity contribution in [3.8, 4) is 0 Å². The Kier molecular flexibility index (Phi) is 2.92. The molecule has 1 atom stereocenters. The van der Waals surface area contributed by atoms with Gasteiger partial charge in [0.05, 0.1) is 12.7 Å². The Bertz CT molecular complexity index is 155. The lowest BCUT2D eigenvalue weighted by molar-refractivity contribution is 0.00761. The number of rotatable bonds is 1. The van der Waals surface area contributed by atoms with Crippen molar-refractivity contribution < 1.29 is 9.47 Å². The van der Waals surface area contributed by atoms with Crippen LogP contribution < -0.4 is 0 Å². The number of hydrogen-bond acceptors (Lipinski definition) is 2. The van der Waals surface area contributed by atoms with Gasteiger partial charge in [-0.05, 0) is 19.3 Å². The summed E-state index contributed by atoms with van der Waals surface area (Å²) in [5, 5.41) is 0. The van der Waals surface area contributed by atoms with Crippen molar-refractivity contribution in [1.82, 2.24) is 0 Å². The van der Waals surface area contributed by atoms with Crippen molar-refractivity contribution in [3.63, 3.8) is 0 Å². The fourth-order valence-electron chi connectivity index (χ4n) is 2.15. The Labute approximate surface area is 87.1 Å². The molecule has 2 saturated heterocycles. The molecule has 0 bridgehead atoms. The van der Waals surface area contributed by atoms with Crippen molar-refractivity contribution in [2.24, 2.45) is 5.41 Å². The van der Waals surface area contributed by atoms with Crippen molar-refractivity contribution in [3.05, 3.63) is 0 Å². The topological polar surface area (TPSA) is 18.5 Å². The van der Waals surface area contributed by atoms with E-state index in [2.05, 4.69) is 22.6 Å². The highest BCUT2D eigenvalue weighted by molar-refractivity contribution is 14.1. The van der Waals surface area contributed by atoms with E-state index in [1.54, 1.807) is 0 Å². The van der Waals surface area contributed by atoms with E-state index in [1.807, 2.05) is 0 Å². The van der Waals surface area contributed by atoms with Crippen molar-refractivity contribution in [2.45, 2.75) is 25.4 Å². The zero-order valence-corrected chi connectivity index (χ0v) is 9.38. The monoisotopic (exact) mass is 282 g/mol. The van der Waals surface area contributed by atoms with Crippen LogP contribution in [0.15, 0.2) is 0 Å². The predicted molar refractivity (Wildman–Crippen MR) is 55.7 cm³/mol. The number of halogens is 1. The molecule has 12 heavy (non-hydrogen) atoms. The molecule has 2 rings (SSSR count). The molecule has 2 aliphatic heterocycles.